The number of unbranched alkanes of at least 4 members (excludes halogenated alkanes) is 37. The van der Waals surface area contributed by atoms with Gasteiger partial charge in [-0.25, -0.2) is 0 Å². The molecule has 0 radical (unpaired) electrons. The van der Waals surface area contributed by atoms with Crippen molar-refractivity contribution >= 4 is 11.9 Å². The highest BCUT2D eigenvalue weighted by Crippen LogP contribution is 2.17. The number of ether oxygens (including phenoxy) is 1. The molecule has 0 aromatic rings. The molecule has 6 nitrogen and oxygen atoms in total. The van der Waals surface area contributed by atoms with Crippen LogP contribution in [0.4, 0.5) is 0 Å². The molecule has 1 amide bonds. The van der Waals surface area contributed by atoms with E-state index in [0.29, 0.717) is 25.9 Å². The van der Waals surface area contributed by atoms with Gasteiger partial charge in [-0.3, -0.25) is 9.59 Å². The summed E-state index contributed by atoms with van der Waals surface area (Å²) in [5.41, 5.74) is 0. The van der Waals surface area contributed by atoms with E-state index in [9.17, 15) is 19.8 Å². The van der Waals surface area contributed by atoms with Crippen molar-refractivity contribution in [1.82, 2.24) is 5.32 Å². The van der Waals surface area contributed by atoms with E-state index < -0.39 is 12.1 Å². The molecule has 3 N–H and O–H groups in total. The molecular weight excluding hydrogens is 707 g/mol. The Morgan fingerprint density at radius 1 is 0.421 bits per heavy atom. The van der Waals surface area contributed by atoms with Gasteiger partial charge in [-0.05, 0) is 25.7 Å². The van der Waals surface area contributed by atoms with Crippen molar-refractivity contribution in [2.24, 2.45) is 0 Å². The summed E-state index contributed by atoms with van der Waals surface area (Å²) in [4.78, 5) is 24.5. The van der Waals surface area contributed by atoms with Crippen LogP contribution in [0.1, 0.15) is 290 Å². The van der Waals surface area contributed by atoms with Crippen LogP contribution >= 0.6 is 0 Å². The molecule has 0 aliphatic carbocycles. The maximum atomic E-state index is 12.4. The van der Waals surface area contributed by atoms with Gasteiger partial charge in [0.05, 0.1) is 25.4 Å². The summed E-state index contributed by atoms with van der Waals surface area (Å²) < 4.78 is 5.46. The number of carbonyl (C=O) groups excluding carboxylic acids is 2. The van der Waals surface area contributed by atoms with Gasteiger partial charge in [0, 0.05) is 12.8 Å². The number of aliphatic hydroxyl groups is 2. The molecule has 2 atom stereocenters. The van der Waals surface area contributed by atoms with Crippen molar-refractivity contribution < 1.29 is 24.5 Å². The van der Waals surface area contributed by atoms with Crippen molar-refractivity contribution in [3.05, 3.63) is 0 Å². The van der Waals surface area contributed by atoms with Crippen LogP contribution < -0.4 is 5.32 Å². The third-order valence-electron chi connectivity index (χ3n) is 12.2. The molecule has 0 aromatic heterocycles. The number of hydrogen-bond donors (Lipinski definition) is 3. The number of amides is 1. The van der Waals surface area contributed by atoms with E-state index in [1.54, 1.807) is 0 Å². The first kappa shape index (κ1) is 55.9. The van der Waals surface area contributed by atoms with Crippen LogP contribution in [0.2, 0.25) is 0 Å². The van der Waals surface area contributed by atoms with Gasteiger partial charge in [0.2, 0.25) is 5.91 Å². The lowest BCUT2D eigenvalue weighted by Crippen LogP contribution is -2.45. The fourth-order valence-electron chi connectivity index (χ4n) is 8.17. The van der Waals surface area contributed by atoms with E-state index in [1.165, 1.54) is 199 Å². The number of carbonyl (C=O) groups is 2. The second-order valence-corrected chi connectivity index (χ2v) is 17.9. The zero-order valence-electron chi connectivity index (χ0n) is 38.6. The SMILES string of the molecule is CCCCCCCCCCCCCCCCCCC(=O)OCCCCCCCCCCCCC(=O)NC(CO)C(O)CCCCCCCCCCCCCCCC. The van der Waals surface area contributed by atoms with E-state index in [-0.39, 0.29) is 18.5 Å². The monoisotopic (exact) mass is 808 g/mol. The fraction of sp³-hybridized carbons (Fsp3) is 0.961. The summed E-state index contributed by atoms with van der Waals surface area (Å²) in [7, 11) is 0. The van der Waals surface area contributed by atoms with Crippen LogP contribution in [0.5, 0.6) is 0 Å². The molecular formula is C51H101NO5. The van der Waals surface area contributed by atoms with Crippen LogP contribution in [0, 0.1) is 0 Å². The van der Waals surface area contributed by atoms with Gasteiger partial charge in [0.1, 0.15) is 0 Å². The summed E-state index contributed by atoms with van der Waals surface area (Å²) in [5, 5.41) is 23.2. The Kier molecular flexibility index (Phi) is 46.6. The standard InChI is InChI=1S/C51H101NO5/c1-3-5-7-9-11-13-15-17-19-20-22-24-29-33-37-41-45-51(56)57-46-42-38-34-30-26-25-28-32-36-40-44-50(55)52-48(47-53)49(54)43-39-35-31-27-23-21-18-16-14-12-10-8-6-4-2/h48-49,53-54H,3-47H2,1-2H3,(H,52,55). The van der Waals surface area contributed by atoms with Crippen molar-refractivity contribution in [2.75, 3.05) is 13.2 Å². The van der Waals surface area contributed by atoms with Gasteiger partial charge in [-0.1, -0.05) is 251 Å². The smallest absolute Gasteiger partial charge is 0.305 e. The van der Waals surface area contributed by atoms with Crippen molar-refractivity contribution in [1.29, 1.82) is 0 Å². The fourth-order valence-corrected chi connectivity index (χ4v) is 8.17. The molecule has 0 spiro atoms. The Morgan fingerprint density at radius 3 is 1.07 bits per heavy atom. The van der Waals surface area contributed by atoms with E-state index in [0.717, 1.165) is 57.8 Å². The normalized spacial score (nSPS) is 12.6. The minimum Gasteiger partial charge on any atom is -0.466 e. The summed E-state index contributed by atoms with van der Waals surface area (Å²) in [6, 6.07) is -0.555. The summed E-state index contributed by atoms with van der Waals surface area (Å²) >= 11 is 0. The molecule has 57 heavy (non-hydrogen) atoms. The number of hydrogen-bond acceptors (Lipinski definition) is 5. The Balaban J connectivity index is 3.45. The predicted octanol–water partition coefficient (Wildman–Crippen LogP) is 15.2. The van der Waals surface area contributed by atoms with Gasteiger partial charge < -0.3 is 20.3 Å². The van der Waals surface area contributed by atoms with Gasteiger partial charge in [0.25, 0.3) is 0 Å². The molecule has 0 aliphatic rings. The Labute approximate surface area is 356 Å². The topological polar surface area (TPSA) is 95.9 Å². The van der Waals surface area contributed by atoms with E-state index >= 15 is 0 Å². The third kappa shape index (κ3) is 44.2. The zero-order chi connectivity index (χ0) is 41.5. The number of esters is 1. The first-order valence-corrected chi connectivity index (χ1v) is 25.8. The number of aliphatic hydroxyl groups excluding tert-OH is 2. The minimum atomic E-state index is -0.676. The van der Waals surface area contributed by atoms with Crippen LogP contribution in [0.15, 0.2) is 0 Å². The average Bonchev–Trinajstić information content (AvgIpc) is 3.21. The van der Waals surface area contributed by atoms with Crippen LogP contribution in [-0.2, 0) is 14.3 Å². The van der Waals surface area contributed by atoms with Gasteiger partial charge in [0.15, 0.2) is 0 Å². The molecule has 0 saturated carbocycles. The highest BCUT2D eigenvalue weighted by atomic mass is 16.5. The quantitative estimate of drug-likeness (QED) is 0.0420. The first-order valence-electron chi connectivity index (χ1n) is 25.8. The molecule has 0 bridgehead atoms. The lowest BCUT2D eigenvalue weighted by atomic mass is 10.0. The Hall–Kier alpha value is -1.14. The average molecular weight is 808 g/mol. The Morgan fingerprint density at radius 2 is 0.719 bits per heavy atom. The first-order chi connectivity index (χ1) is 28.0. The lowest BCUT2D eigenvalue weighted by Gasteiger charge is -2.22. The van der Waals surface area contributed by atoms with E-state index in [4.69, 9.17) is 4.74 Å². The maximum absolute atomic E-state index is 12.4. The molecule has 0 fully saturated rings. The molecule has 6 heteroatoms. The predicted molar refractivity (Wildman–Crippen MR) is 246 cm³/mol. The van der Waals surface area contributed by atoms with Crippen molar-refractivity contribution in [2.45, 2.75) is 302 Å². The number of rotatable bonds is 48. The molecule has 2 unspecified atom stereocenters. The summed E-state index contributed by atoms with van der Waals surface area (Å²) in [6.45, 7) is 4.92. The second-order valence-electron chi connectivity index (χ2n) is 17.9. The Bertz CT molecular complexity index is 806. The van der Waals surface area contributed by atoms with Crippen molar-refractivity contribution in [3.63, 3.8) is 0 Å². The highest BCUT2D eigenvalue weighted by molar-refractivity contribution is 5.76. The largest absolute Gasteiger partial charge is 0.466 e. The number of nitrogens with one attached hydrogen (secondary N) is 1. The van der Waals surface area contributed by atoms with Gasteiger partial charge in [-0.2, -0.15) is 0 Å². The van der Waals surface area contributed by atoms with Crippen LogP contribution in [0.25, 0.3) is 0 Å². The van der Waals surface area contributed by atoms with E-state index in [2.05, 4.69) is 19.2 Å². The highest BCUT2D eigenvalue weighted by Gasteiger charge is 2.20. The van der Waals surface area contributed by atoms with E-state index in [1.807, 2.05) is 0 Å². The summed E-state index contributed by atoms with van der Waals surface area (Å²) in [5.74, 6) is -0.0704. The lowest BCUT2D eigenvalue weighted by molar-refractivity contribution is -0.143. The summed E-state index contributed by atoms with van der Waals surface area (Å²) in [6.07, 6.45) is 52.1. The molecule has 0 aliphatic heterocycles. The molecule has 0 saturated heterocycles. The van der Waals surface area contributed by atoms with Gasteiger partial charge in [-0.15, -0.1) is 0 Å². The third-order valence-corrected chi connectivity index (χ3v) is 12.2. The van der Waals surface area contributed by atoms with Gasteiger partial charge >= 0.3 is 5.97 Å². The molecule has 340 valence electrons. The molecule has 0 aromatic carbocycles. The minimum absolute atomic E-state index is 0.0148. The van der Waals surface area contributed by atoms with Crippen LogP contribution in [0.3, 0.4) is 0 Å². The second kappa shape index (κ2) is 47.5. The zero-order valence-corrected chi connectivity index (χ0v) is 38.6. The van der Waals surface area contributed by atoms with Crippen molar-refractivity contribution in [3.8, 4) is 0 Å². The molecule has 0 heterocycles. The maximum Gasteiger partial charge on any atom is 0.305 e. The van der Waals surface area contributed by atoms with Crippen LogP contribution in [-0.4, -0.2) is 47.4 Å². The molecule has 0 rings (SSSR count).